The molecule has 1 fully saturated rings. The molecule has 8 nitrogen and oxygen atoms in total. The van der Waals surface area contributed by atoms with Gasteiger partial charge in [-0.1, -0.05) is 24.3 Å². The summed E-state index contributed by atoms with van der Waals surface area (Å²) >= 11 is 0. The van der Waals surface area contributed by atoms with Gasteiger partial charge in [0, 0.05) is 56.7 Å². The molecule has 0 radical (unpaired) electrons. The second kappa shape index (κ2) is 8.70. The van der Waals surface area contributed by atoms with E-state index in [0.717, 1.165) is 10.9 Å². The molecule has 31 heavy (non-hydrogen) atoms. The molecule has 0 aliphatic carbocycles. The predicted molar refractivity (Wildman–Crippen MR) is 118 cm³/mol. The number of fused-ring (bicyclic) bond motifs is 1. The zero-order valence-electron chi connectivity index (χ0n) is 17.5. The molecule has 3 aromatic rings. The monoisotopic (exact) mass is 439 g/mol. The van der Waals surface area contributed by atoms with Gasteiger partial charge in [-0.2, -0.15) is 0 Å². The van der Waals surface area contributed by atoms with E-state index >= 15 is 0 Å². The molecular formula is C22H25N5O3S. The Morgan fingerprint density at radius 3 is 2.68 bits per heavy atom. The van der Waals surface area contributed by atoms with Gasteiger partial charge < -0.3 is 4.90 Å². The highest BCUT2D eigenvalue weighted by molar-refractivity contribution is 7.89. The number of carbonyl (C=O) groups excluding carboxylic acids is 1. The van der Waals surface area contributed by atoms with E-state index in [9.17, 15) is 13.2 Å². The topological polar surface area (TPSA) is 95.5 Å². The van der Waals surface area contributed by atoms with Crippen LogP contribution >= 0.6 is 0 Å². The summed E-state index contributed by atoms with van der Waals surface area (Å²) in [5, 5.41) is 0.764. The van der Waals surface area contributed by atoms with Crippen LogP contribution in [0.25, 0.3) is 10.9 Å². The molecule has 2 aromatic heterocycles. The number of rotatable bonds is 6. The molecule has 1 aliphatic heterocycles. The fraction of sp³-hybridized carbons (Fsp3) is 0.318. The van der Waals surface area contributed by atoms with E-state index in [1.807, 2.05) is 36.1 Å². The van der Waals surface area contributed by atoms with Crippen molar-refractivity contribution in [3.63, 3.8) is 0 Å². The summed E-state index contributed by atoms with van der Waals surface area (Å²) in [4.78, 5) is 24.8. The number of piperazine rings is 1. The SMILES string of the molecule is C[C@H]1C(=O)N(C)C[C@@H](CNS(=O)(=O)c2cccc3cccnc23)N1Cc1cccnc1. The molecule has 1 N–H and O–H groups in total. The third-order valence-electron chi connectivity index (χ3n) is 5.67. The lowest BCUT2D eigenvalue weighted by Crippen LogP contribution is -2.62. The fourth-order valence-corrected chi connectivity index (χ4v) is 5.27. The van der Waals surface area contributed by atoms with Crippen LogP contribution in [0.4, 0.5) is 0 Å². The minimum absolute atomic E-state index is 0.0150. The predicted octanol–water partition coefficient (Wildman–Crippen LogP) is 1.64. The third kappa shape index (κ3) is 4.43. The zero-order valence-corrected chi connectivity index (χ0v) is 18.3. The van der Waals surface area contributed by atoms with Crippen LogP contribution in [0.2, 0.25) is 0 Å². The van der Waals surface area contributed by atoms with Gasteiger partial charge in [-0.3, -0.25) is 19.7 Å². The molecular weight excluding hydrogens is 414 g/mol. The van der Waals surface area contributed by atoms with Gasteiger partial charge in [-0.05, 0) is 30.7 Å². The van der Waals surface area contributed by atoms with E-state index in [1.54, 1.807) is 48.7 Å². The van der Waals surface area contributed by atoms with Crippen LogP contribution in [-0.2, 0) is 21.4 Å². The van der Waals surface area contributed by atoms with Gasteiger partial charge in [0.05, 0.1) is 11.6 Å². The van der Waals surface area contributed by atoms with Crippen molar-refractivity contribution in [3.05, 3.63) is 66.6 Å². The van der Waals surface area contributed by atoms with Crippen LogP contribution in [0, 0.1) is 0 Å². The van der Waals surface area contributed by atoms with Crippen LogP contribution in [0.5, 0.6) is 0 Å². The molecule has 2 atom stereocenters. The largest absolute Gasteiger partial charge is 0.343 e. The fourth-order valence-electron chi connectivity index (χ4n) is 4.02. The van der Waals surface area contributed by atoms with Crippen molar-refractivity contribution in [3.8, 4) is 0 Å². The molecule has 1 amide bonds. The second-order valence-corrected chi connectivity index (χ2v) is 9.50. The van der Waals surface area contributed by atoms with Crippen LogP contribution in [0.3, 0.4) is 0 Å². The van der Waals surface area contributed by atoms with E-state index < -0.39 is 10.0 Å². The Morgan fingerprint density at radius 2 is 1.90 bits per heavy atom. The van der Waals surface area contributed by atoms with Gasteiger partial charge in [0.15, 0.2) is 0 Å². The summed E-state index contributed by atoms with van der Waals surface area (Å²) in [5.41, 5.74) is 1.41. The summed E-state index contributed by atoms with van der Waals surface area (Å²) in [6.45, 7) is 2.97. The lowest BCUT2D eigenvalue weighted by Gasteiger charge is -2.43. The summed E-state index contributed by atoms with van der Waals surface area (Å²) in [5.74, 6) is 0.0150. The Bertz CT molecular complexity index is 1180. The lowest BCUT2D eigenvalue weighted by atomic mass is 10.1. The highest BCUT2D eigenvalue weighted by Gasteiger charge is 2.37. The molecule has 0 unspecified atom stereocenters. The molecule has 1 saturated heterocycles. The van der Waals surface area contributed by atoms with Crippen LogP contribution in [0.1, 0.15) is 12.5 Å². The minimum Gasteiger partial charge on any atom is -0.343 e. The number of hydrogen-bond acceptors (Lipinski definition) is 6. The summed E-state index contributed by atoms with van der Waals surface area (Å²) in [7, 11) is -2.04. The zero-order chi connectivity index (χ0) is 22.0. The minimum atomic E-state index is -3.79. The Morgan fingerprint density at radius 1 is 1.13 bits per heavy atom. The van der Waals surface area contributed by atoms with Gasteiger partial charge in [-0.25, -0.2) is 13.1 Å². The number of nitrogens with zero attached hydrogens (tertiary/aromatic N) is 4. The molecule has 4 rings (SSSR count). The van der Waals surface area contributed by atoms with Crippen molar-refractivity contribution in [2.75, 3.05) is 20.1 Å². The van der Waals surface area contributed by atoms with Gasteiger partial charge in [0.2, 0.25) is 15.9 Å². The van der Waals surface area contributed by atoms with Gasteiger partial charge >= 0.3 is 0 Å². The van der Waals surface area contributed by atoms with Crippen molar-refractivity contribution < 1.29 is 13.2 Å². The van der Waals surface area contributed by atoms with Gasteiger partial charge in [0.25, 0.3) is 0 Å². The maximum Gasteiger partial charge on any atom is 0.242 e. The van der Waals surface area contributed by atoms with Crippen LogP contribution in [-0.4, -0.2) is 66.3 Å². The van der Waals surface area contributed by atoms with Crippen molar-refractivity contribution in [1.29, 1.82) is 0 Å². The Balaban J connectivity index is 1.57. The quantitative estimate of drug-likeness (QED) is 0.627. The standard InChI is InChI=1S/C22H25N5O3S/c1-16-22(28)26(2)15-19(27(16)14-17-6-4-10-23-12-17)13-25-31(29,30)20-9-3-7-18-8-5-11-24-21(18)20/h3-12,16,19,25H,13-15H2,1-2H3/t16-,19+/m0/s1. The highest BCUT2D eigenvalue weighted by Crippen LogP contribution is 2.22. The van der Waals surface area contributed by atoms with Crippen LogP contribution < -0.4 is 4.72 Å². The maximum atomic E-state index is 13.1. The molecule has 1 aliphatic rings. The normalized spacial score (nSPS) is 20.3. The molecule has 1 aromatic carbocycles. The average molecular weight is 440 g/mol. The van der Waals surface area contributed by atoms with Gasteiger partial charge in [0.1, 0.15) is 4.90 Å². The number of benzene rings is 1. The lowest BCUT2D eigenvalue weighted by molar-refractivity contribution is -0.142. The van der Waals surface area contributed by atoms with Gasteiger partial charge in [-0.15, -0.1) is 0 Å². The molecule has 0 saturated carbocycles. The van der Waals surface area contributed by atoms with Crippen molar-refractivity contribution in [2.24, 2.45) is 0 Å². The first-order valence-electron chi connectivity index (χ1n) is 10.1. The molecule has 9 heteroatoms. The maximum absolute atomic E-state index is 13.1. The first-order chi connectivity index (χ1) is 14.9. The third-order valence-corrected chi connectivity index (χ3v) is 7.12. The van der Waals surface area contributed by atoms with Crippen molar-refractivity contribution in [1.82, 2.24) is 24.5 Å². The number of sulfonamides is 1. The summed E-state index contributed by atoms with van der Waals surface area (Å²) < 4.78 is 29.0. The number of aromatic nitrogens is 2. The Kier molecular flexibility index (Phi) is 5.99. The van der Waals surface area contributed by atoms with E-state index in [4.69, 9.17) is 0 Å². The van der Waals surface area contributed by atoms with Crippen molar-refractivity contribution in [2.45, 2.75) is 30.4 Å². The number of carbonyl (C=O) groups is 1. The van der Waals surface area contributed by atoms with Crippen LogP contribution in [0.15, 0.2) is 66.0 Å². The van der Waals surface area contributed by atoms with E-state index in [2.05, 4.69) is 14.7 Å². The Labute approximate surface area is 182 Å². The molecule has 0 spiro atoms. The smallest absolute Gasteiger partial charge is 0.242 e. The molecule has 162 valence electrons. The number of nitrogens with one attached hydrogen (secondary N) is 1. The second-order valence-electron chi connectivity index (χ2n) is 7.77. The number of amides is 1. The Hall–Kier alpha value is -2.88. The number of para-hydroxylation sites is 1. The number of hydrogen-bond donors (Lipinski definition) is 1. The first kappa shape index (κ1) is 21.4. The average Bonchev–Trinajstić information content (AvgIpc) is 2.78. The highest BCUT2D eigenvalue weighted by atomic mass is 32.2. The number of likely N-dealkylation sites (N-methyl/N-ethyl adjacent to an activating group) is 1. The first-order valence-corrected chi connectivity index (χ1v) is 11.6. The van der Waals surface area contributed by atoms with E-state index in [1.165, 1.54) is 0 Å². The summed E-state index contributed by atoms with van der Waals surface area (Å²) in [6, 6.07) is 12.0. The summed E-state index contributed by atoms with van der Waals surface area (Å²) in [6.07, 6.45) is 5.05. The van der Waals surface area contributed by atoms with Crippen molar-refractivity contribution >= 4 is 26.8 Å². The van der Waals surface area contributed by atoms with E-state index in [-0.39, 0.29) is 29.4 Å². The molecule has 3 heterocycles. The van der Waals surface area contributed by atoms with E-state index in [0.29, 0.717) is 18.6 Å². The number of pyridine rings is 2. The molecule has 0 bridgehead atoms.